The van der Waals surface area contributed by atoms with Gasteiger partial charge in [0.2, 0.25) is 5.91 Å². The zero-order chi connectivity index (χ0) is 50.5. The summed E-state index contributed by atoms with van der Waals surface area (Å²) in [6.45, 7) is 19.3. The van der Waals surface area contributed by atoms with Gasteiger partial charge in [0.15, 0.2) is 17.4 Å². The van der Waals surface area contributed by atoms with Gasteiger partial charge in [0.05, 0.1) is 54.9 Å². The molecular formula is C55H68N12O6. The summed E-state index contributed by atoms with van der Waals surface area (Å²) in [6, 6.07) is 13.0. The highest BCUT2D eigenvalue weighted by molar-refractivity contribution is 6.06. The first-order chi connectivity index (χ1) is 35.4. The second kappa shape index (κ2) is 19.9. The van der Waals surface area contributed by atoms with Gasteiger partial charge in [0.25, 0.3) is 11.8 Å². The Balaban J connectivity index is 0.768. The molecule has 5 aliphatic heterocycles. The van der Waals surface area contributed by atoms with Crippen LogP contribution in [0.5, 0.6) is 11.6 Å². The number of carbonyl (C=O) groups excluding carboxylic acids is 2. The van der Waals surface area contributed by atoms with E-state index in [1.807, 2.05) is 30.5 Å². The number of amides is 2. The Morgan fingerprint density at radius 2 is 1.84 bits per heavy atom. The predicted octanol–water partition coefficient (Wildman–Crippen LogP) is 7.06. The number of ether oxygens (including phenoxy) is 3. The number of aliphatic hydroxyl groups is 1. The van der Waals surface area contributed by atoms with E-state index in [9.17, 15) is 14.7 Å². The van der Waals surface area contributed by atoms with Gasteiger partial charge in [0.1, 0.15) is 18.1 Å². The lowest BCUT2D eigenvalue weighted by Crippen LogP contribution is -2.58. The van der Waals surface area contributed by atoms with Crippen LogP contribution in [0.15, 0.2) is 67.6 Å². The summed E-state index contributed by atoms with van der Waals surface area (Å²) in [7, 11) is 1.53. The average Bonchev–Trinajstić information content (AvgIpc) is 3.90. The first-order valence-electron chi connectivity index (χ1n) is 26.0. The molecule has 18 heteroatoms. The number of aliphatic hydroxyl groups excluding tert-OH is 1. The largest absolute Gasteiger partial charge is 0.487 e. The zero-order valence-corrected chi connectivity index (χ0v) is 42.7. The quantitative estimate of drug-likeness (QED) is 0.0931. The molecule has 18 nitrogen and oxygen atoms in total. The second-order valence-corrected chi connectivity index (χ2v) is 21.4. The number of benzene rings is 1. The Morgan fingerprint density at radius 3 is 2.62 bits per heavy atom. The van der Waals surface area contributed by atoms with Crippen molar-refractivity contribution in [3.63, 3.8) is 0 Å². The fourth-order valence-corrected chi connectivity index (χ4v) is 12.4. The van der Waals surface area contributed by atoms with Gasteiger partial charge in [-0.25, -0.2) is 19.9 Å². The summed E-state index contributed by atoms with van der Waals surface area (Å²) in [5, 5.41) is 21.0. The number of aromatic nitrogens is 5. The van der Waals surface area contributed by atoms with Gasteiger partial charge in [0, 0.05) is 105 Å². The van der Waals surface area contributed by atoms with Crippen LogP contribution in [0, 0.1) is 11.3 Å². The van der Waals surface area contributed by atoms with E-state index < -0.39 is 0 Å². The molecule has 4 N–H and O–H groups in total. The van der Waals surface area contributed by atoms with Crippen LogP contribution < -0.4 is 40.1 Å². The number of nitrogens with one attached hydrogen (secondary N) is 3. The maximum absolute atomic E-state index is 14.1. The number of hydrogen-bond donors (Lipinski definition) is 4. The zero-order valence-electron chi connectivity index (χ0n) is 42.7. The molecule has 2 amide bonds. The fourth-order valence-electron chi connectivity index (χ4n) is 12.4. The Hall–Kier alpha value is -6.76. The maximum atomic E-state index is 14.1. The lowest BCUT2D eigenvalue weighted by Gasteiger charge is -2.48. The van der Waals surface area contributed by atoms with Gasteiger partial charge in [-0.1, -0.05) is 20.4 Å². The molecule has 0 spiro atoms. The third-order valence-electron chi connectivity index (χ3n) is 16.1. The van der Waals surface area contributed by atoms with E-state index in [1.54, 1.807) is 23.4 Å². The minimum Gasteiger partial charge on any atom is -0.487 e. The van der Waals surface area contributed by atoms with Crippen LogP contribution in [0.3, 0.4) is 0 Å². The molecule has 0 bridgehead atoms. The summed E-state index contributed by atoms with van der Waals surface area (Å²) in [5.41, 5.74) is 8.11. The SMILES string of the molecule is C=CC(=O)Nc1cc(Nc2nc(-c3ccnc(N4CCn5c(cc6c5CC(C)(C)C6)C4=O)c3CO)cnc2OC)ccc1N1CCN(C2CCN(c3cnc4c(c3)OC[C@H](C3CCOCC3)N4)[C@H](C)C2)C[C@@H]1C. The molecule has 5 aromatic rings. The van der Waals surface area contributed by atoms with Crippen LogP contribution in [0.2, 0.25) is 0 Å². The normalized spacial score (nSPS) is 22.9. The van der Waals surface area contributed by atoms with E-state index in [0.29, 0.717) is 83.2 Å². The van der Waals surface area contributed by atoms with Crippen molar-refractivity contribution in [2.75, 3.05) is 90.3 Å². The van der Waals surface area contributed by atoms with Crippen LogP contribution >= 0.6 is 0 Å². The van der Waals surface area contributed by atoms with E-state index in [-0.39, 0.29) is 41.8 Å². The number of methoxy groups -OCH3 is 1. The molecular weight excluding hydrogens is 925 g/mol. The molecule has 1 aromatic carbocycles. The highest BCUT2D eigenvalue weighted by Gasteiger charge is 2.39. The van der Waals surface area contributed by atoms with Crippen molar-refractivity contribution in [3.05, 3.63) is 90.2 Å². The minimum atomic E-state index is -0.372. The molecule has 3 fully saturated rings. The molecule has 9 heterocycles. The summed E-state index contributed by atoms with van der Waals surface area (Å²) >= 11 is 0. The molecule has 4 atom stereocenters. The number of piperazine rings is 1. The van der Waals surface area contributed by atoms with Gasteiger partial charge in [-0.3, -0.25) is 19.4 Å². The number of fused-ring (bicyclic) bond motifs is 4. The minimum absolute atomic E-state index is 0.140. The fraction of sp³-hybridized carbons (Fsp3) is 0.491. The van der Waals surface area contributed by atoms with E-state index in [0.717, 1.165) is 101 Å². The summed E-state index contributed by atoms with van der Waals surface area (Å²) in [5.74, 6) is 2.72. The van der Waals surface area contributed by atoms with Gasteiger partial charge in [-0.2, -0.15) is 0 Å². The molecule has 6 aliphatic rings. The van der Waals surface area contributed by atoms with E-state index in [1.165, 1.54) is 24.4 Å². The highest BCUT2D eigenvalue weighted by Crippen LogP contribution is 2.42. The molecule has 1 aliphatic carbocycles. The van der Waals surface area contributed by atoms with Crippen molar-refractivity contribution in [3.8, 4) is 22.9 Å². The van der Waals surface area contributed by atoms with Crippen molar-refractivity contribution in [1.29, 1.82) is 0 Å². The molecule has 384 valence electrons. The number of hydrogen-bond acceptors (Lipinski definition) is 15. The Bertz CT molecular complexity index is 2920. The first kappa shape index (κ1) is 48.5. The summed E-state index contributed by atoms with van der Waals surface area (Å²) in [6.07, 6.45) is 12.6. The molecule has 73 heavy (non-hydrogen) atoms. The van der Waals surface area contributed by atoms with Crippen molar-refractivity contribution >= 4 is 52.0 Å². The third-order valence-corrected chi connectivity index (χ3v) is 16.1. The predicted molar refractivity (Wildman–Crippen MR) is 282 cm³/mol. The lowest BCUT2D eigenvalue weighted by molar-refractivity contribution is -0.111. The number of rotatable bonds is 12. The number of nitrogens with zero attached hydrogens (tertiary/aromatic N) is 9. The molecule has 3 saturated heterocycles. The van der Waals surface area contributed by atoms with Gasteiger partial charge in [-0.15, -0.1) is 0 Å². The Morgan fingerprint density at radius 1 is 0.986 bits per heavy atom. The van der Waals surface area contributed by atoms with Crippen molar-refractivity contribution in [2.24, 2.45) is 11.3 Å². The van der Waals surface area contributed by atoms with Crippen LogP contribution in [0.1, 0.15) is 80.7 Å². The van der Waals surface area contributed by atoms with Crippen molar-refractivity contribution in [2.45, 2.75) is 104 Å². The average molecular weight is 993 g/mol. The standard InChI is InChI=1S/C55H68N12O6/c1-7-49(69)60-42-24-37(59-51-53(71-6)58-29-43(61-51)40-10-14-56-52(41(40)31-68)67-19-18-66-46(54(67)70)23-36-26-55(4,5)27-47(36)66)8-9-45(42)65-17-16-63(30-34(65)3)38-11-15-64(33(2)22-38)39-25-48-50(57-28-39)62-44(32-73-48)35-12-20-72-21-13-35/h7-10,14,23-25,28-29,33-35,38,44,68H,1,11-13,15-22,26-27,30-32H2,2-6H3,(H,57,62)(H,59,61)(H,60,69)/t33-,34+,38?,44-/m1/s1. The monoisotopic (exact) mass is 993 g/mol. The number of carbonyl (C=O) groups is 2. The topological polar surface area (TPSA) is 188 Å². The van der Waals surface area contributed by atoms with Crippen LogP contribution in [-0.2, 0) is 35.5 Å². The Labute approximate surface area is 427 Å². The van der Waals surface area contributed by atoms with Gasteiger partial charge < -0.3 is 49.6 Å². The smallest absolute Gasteiger partial charge is 0.276 e. The second-order valence-electron chi connectivity index (χ2n) is 21.4. The van der Waals surface area contributed by atoms with Gasteiger partial charge >= 0.3 is 0 Å². The van der Waals surface area contributed by atoms with Crippen molar-refractivity contribution in [1.82, 2.24) is 29.4 Å². The van der Waals surface area contributed by atoms with E-state index in [2.05, 4.69) is 85.5 Å². The van der Waals surface area contributed by atoms with Gasteiger partial charge in [-0.05, 0) is 106 Å². The summed E-state index contributed by atoms with van der Waals surface area (Å²) in [4.78, 5) is 55.3. The highest BCUT2D eigenvalue weighted by atomic mass is 16.5. The van der Waals surface area contributed by atoms with Crippen molar-refractivity contribution < 1.29 is 28.9 Å². The van der Waals surface area contributed by atoms with E-state index >= 15 is 0 Å². The number of piperidine rings is 1. The maximum Gasteiger partial charge on any atom is 0.276 e. The molecule has 1 unspecified atom stereocenters. The molecule has 0 saturated carbocycles. The third kappa shape index (κ3) is 9.44. The van der Waals surface area contributed by atoms with E-state index in [4.69, 9.17) is 24.2 Å². The lowest BCUT2D eigenvalue weighted by atomic mass is 9.90. The molecule has 11 rings (SSSR count). The molecule has 4 aromatic heterocycles. The number of anilines is 7. The first-order valence-corrected chi connectivity index (χ1v) is 26.0. The summed E-state index contributed by atoms with van der Waals surface area (Å²) < 4.78 is 19.7. The molecule has 0 radical (unpaired) electrons. The van der Waals surface area contributed by atoms with Crippen LogP contribution in [-0.4, -0.2) is 130 Å². The van der Waals surface area contributed by atoms with Crippen LogP contribution in [0.25, 0.3) is 11.3 Å². The Kier molecular flexibility index (Phi) is 13.2. The number of pyridine rings is 2. The van der Waals surface area contributed by atoms with Crippen LogP contribution in [0.4, 0.5) is 40.2 Å².